The fourth-order valence-corrected chi connectivity index (χ4v) is 5.50. The van der Waals surface area contributed by atoms with Gasteiger partial charge in [-0.2, -0.15) is 5.26 Å². The van der Waals surface area contributed by atoms with Gasteiger partial charge in [0.15, 0.2) is 11.5 Å². The molecule has 1 aromatic heterocycles. The van der Waals surface area contributed by atoms with Crippen LogP contribution in [0.25, 0.3) is 0 Å². The predicted molar refractivity (Wildman–Crippen MR) is 107 cm³/mol. The summed E-state index contributed by atoms with van der Waals surface area (Å²) in [6.45, 7) is 8.82. The van der Waals surface area contributed by atoms with Crippen LogP contribution in [0.5, 0.6) is 11.5 Å². The van der Waals surface area contributed by atoms with Gasteiger partial charge in [-0.05, 0) is 45.4 Å². The molecule has 0 saturated carbocycles. The van der Waals surface area contributed by atoms with Gasteiger partial charge in [0.1, 0.15) is 23.2 Å². The Kier molecular flexibility index (Phi) is 4.36. The highest BCUT2D eigenvalue weighted by Crippen LogP contribution is 2.42. The lowest BCUT2D eigenvalue weighted by Gasteiger charge is -2.38. The molecule has 2 aliphatic rings. The van der Waals surface area contributed by atoms with E-state index in [0.717, 1.165) is 16.9 Å². The number of nitrogens with two attached hydrogens (primary N) is 1. The number of amides is 1. The molecule has 0 radical (unpaired) electrons. The zero-order valence-corrected chi connectivity index (χ0v) is 17.3. The van der Waals surface area contributed by atoms with Crippen molar-refractivity contribution in [2.75, 3.05) is 11.9 Å². The van der Waals surface area contributed by atoms with Crippen LogP contribution < -0.4 is 20.1 Å². The first kappa shape index (κ1) is 18.8. The summed E-state index contributed by atoms with van der Waals surface area (Å²) in [5.74, 6) is 0.887. The molecule has 1 amide bonds. The number of carbonyl (C=O) groups excluding carboxylic acids is 1. The van der Waals surface area contributed by atoms with Gasteiger partial charge in [-0.3, -0.25) is 4.79 Å². The first-order chi connectivity index (χ1) is 13.2. The molecule has 0 aliphatic carbocycles. The molecule has 146 valence electrons. The monoisotopic (exact) mass is 398 g/mol. The second-order valence-electron chi connectivity index (χ2n) is 8.61. The van der Waals surface area contributed by atoms with Crippen molar-refractivity contribution in [2.45, 2.75) is 51.3 Å². The van der Waals surface area contributed by atoms with Crippen LogP contribution in [0.15, 0.2) is 24.3 Å². The Balaban J connectivity index is 1.61. The summed E-state index contributed by atoms with van der Waals surface area (Å²) in [6.07, 6.45) is 0.0360. The molecule has 0 fully saturated rings. The molecule has 1 aromatic carbocycles. The Morgan fingerprint density at radius 3 is 2.71 bits per heavy atom. The highest BCUT2D eigenvalue weighted by molar-refractivity contribution is 7.16. The van der Waals surface area contributed by atoms with Gasteiger partial charge < -0.3 is 20.1 Å². The molecular formula is C21H24N3O3S+. The van der Waals surface area contributed by atoms with E-state index >= 15 is 0 Å². The smallest absolute Gasteiger partial charge is 0.269 e. The molecular weight excluding hydrogens is 374 g/mol. The minimum Gasteiger partial charge on any atom is -0.485 e. The number of hydrogen-bond donors (Lipinski definition) is 2. The number of rotatable bonds is 2. The molecule has 6 nitrogen and oxygen atoms in total. The molecule has 3 heterocycles. The number of para-hydroxylation sites is 2. The standard InChI is InChI=1S/C21H23N3O3S/c1-20(2)9-12-13(10-22)19(28-17(12)21(3,4)24-20)23-18(25)16-11-26-14-7-5-6-8-15(14)27-16/h5-8,16,24H,9,11H2,1-4H3,(H,23,25)/p+1/t16-/m1/s1. The van der Waals surface area contributed by atoms with Crippen LogP contribution in [0.2, 0.25) is 0 Å². The van der Waals surface area contributed by atoms with Crippen molar-refractivity contribution in [2.24, 2.45) is 0 Å². The van der Waals surface area contributed by atoms with Crippen molar-refractivity contribution in [1.82, 2.24) is 0 Å². The second kappa shape index (κ2) is 6.50. The molecule has 2 aliphatic heterocycles. The van der Waals surface area contributed by atoms with Crippen LogP contribution in [0.3, 0.4) is 0 Å². The predicted octanol–water partition coefficient (Wildman–Crippen LogP) is 2.53. The van der Waals surface area contributed by atoms with E-state index in [-0.39, 0.29) is 23.6 Å². The van der Waals surface area contributed by atoms with Gasteiger partial charge in [0, 0.05) is 6.42 Å². The minimum absolute atomic E-state index is 0.00547. The number of benzene rings is 1. The number of thiophene rings is 1. The second-order valence-corrected chi connectivity index (χ2v) is 9.63. The van der Waals surface area contributed by atoms with Crippen LogP contribution >= 0.6 is 11.3 Å². The number of hydrogen-bond acceptors (Lipinski definition) is 5. The van der Waals surface area contributed by atoms with Gasteiger partial charge in [-0.25, -0.2) is 0 Å². The van der Waals surface area contributed by atoms with Gasteiger partial charge in [0.05, 0.1) is 16.0 Å². The van der Waals surface area contributed by atoms with Crippen molar-refractivity contribution < 1.29 is 19.6 Å². The molecule has 7 heteroatoms. The van der Waals surface area contributed by atoms with E-state index in [1.54, 1.807) is 6.07 Å². The average Bonchev–Trinajstić information content (AvgIpc) is 2.97. The normalized spacial score (nSPS) is 21.3. The molecule has 0 spiro atoms. The number of ether oxygens (including phenoxy) is 2. The van der Waals surface area contributed by atoms with Crippen LogP contribution in [-0.4, -0.2) is 24.2 Å². The first-order valence-corrected chi connectivity index (χ1v) is 10.1. The van der Waals surface area contributed by atoms with Crippen molar-refractivity contribution in [1.29, 1.82) is 5.26 Å². The lowest BCUT2D eigenvalue weighted by atomic mass is 9.81. The Hall–Kier alpha value is -2.56. The third kappa shape index (κ3) is 3.23. The number of quaternary nitrogens is 1. The van der Waals surface area contributed by atoms with Crippen LogP contribution in [0.1, 0.15) is 43.7 Å². The van der Waals surface area contributed by atoms with Gasteiger partial charge >= 0.3 is 0 Å². The molecule has 28 heavy (non-hydrogen) atoms. The number of fused-ring (bicyclic) bond motifs is 2. The summed E-state index contributed by atoms with van der Waals surface area (Å²) < 4.78 is 11.4. The minimum atomic E-state index is -0.753. The van der Waals surface area contributed by atoms with Crippen LogP contribution in [0.4, 0.5) is 5.00 Å². The Morgan fingerprint density at radius 1 is 1.29 bits per heavy atom. The van der Waals surface area contributed by atoms with Crippen molar-refractivity contribution in [3.8, 4) is 17.6 Å². The number of nitrogens with one attached hydrogen (secondary N) is 1. The first-order valence-electron chi connectivity index (χ1n) is 9.33. The zero-order chi connectivity index (χ0) is 20.1. The zero-order valence-electron chi connectivity index (χ0n) is 16.5. The summed E-state index contributed by atoms with van der Waals surface area (Å²) in [4.78, 5) is 14.0. The van der Waals surface area contributed by atoms with E-state index in [0.29, 0.717) is 22.1 Å². The highest BCUT2D eigenvalue weighted by atomic mass is 32.1. The fourth-order valence-electron chi connectivity index (χ4n) is 4.25. The number of nitriles is 1. The maximum atomic E-state index is 12.8. The molecule has 3 N–H and O–H groups in total. The van der Waals surface area contributed by atoms with Gasteiger partial charge in [0.25, 0.3) is 5.91 Å². The summed E-state index contributed by atoms with van der Waals surface area (Å²) in [6, 6.07) is 9.60. The summed E-state index contributed by atoms with van der Waals surface area (Å²) >= 11 is 1.49. The maximum absolute atomic E-state index is 12.8. The number of anilines is 1. The van der Waals surface area contributed by atoms with Crippen molar-refractivity contribution in [3.63, 3.8) is 0 Å². The summed E-state index contributed by atoms with van der Waals surface area (Å²) in [7, 11) is 0. The maximum Gasteiger partial charge on any atom is 0.269 e. The van der Waals surface area contributed by atoms with E-state index in [2.05, 4.69) is 44.4 Å². The molecule has 4 rings (SSSR count). The largest absolute Gasteiger partial charge is 0.485 e. The van der Waals surface area contributed by atoms with Gasteiger partial charge in [-0.1, -0.05) is 12.1 Å². The summed E-state index contributed by atoms with van der Waals surface area (Å²) in [5, 5.41) is 15.6. The van der Waals surface area contributed by atoms with Gasteiger partial charge in [-0.15, -0.1) is 11.3 Å². The Labute approximate surface area is 168 Å². The SMILES string of the molecule is CC1(C)Cc2c(sc(NC(=O)[C@H]3COc4ccccc4O3)c2C#N)C(C)(C)[NH2+]1. The third-order valence-electron chi connectivity index (χ3n) is 5.13. The van der Waals surface area contributed by atoms with Crippen LogP contribution in [-0.2, 0) is 16.8 Å². The average molecular weight is 399 g/mol. The topological polar surface area (TPSA) is 88.0 Å². The quantitative estimate of drug-likeness (QED) is 0.814. The Bertz CT molecular complexity index is 987. The van der Waals surface area contributed by atoms with Crippen molar-refractivity contribution in [3.05, 3.63) is 40.3 Å². The van der Waals surface area contributed by atoms with Gasteiger partial charge in [0.2, 0.25) is 6.10 Å². The van der Waals surface area contributed by atoms with Crippen molar-refractivity contribution >= 4 is 22.2 Å². The number of nitrogens with zero attached hydrogens (tertiary/aromatic N) is 1. The van der Waals surface area contributed by atoms with E-state index < -0.39 is 6.10 Å². The lowest BCUT2D eigenvalue weighted by Crippen LogP contribution is -3.03. The summed E-state index contributed by atoms with van der Waals surface area (Å²) in [5.41, 5.74) is 1.46. The Morgan fingerprint density at radius 2 is 2.00 bits per heavy atom. The molecule has 0 unspecified atom stereocenters. The molecule has 2 aromatic rings. The van der Waals surface area contributed by atoms with E-state index in [1.165, 1.54) is 11.3 Å². The lowest BCUT2D eigenvalue weighted by molar-refractivity contribution is -0.789. The van der Waals surface area contributed by atoms with E-state index in [1.807, 2.05) is 18.2 Å². The van der Waals surface area contributed by atoms with Crippen LogP contribution in [0, 0.1) is 11.3 Å². The van der Waals surface area contributed by atoms with E-state index in [9.17, 15) is 10.1 Å². The molecule has 0 bridgehead atoms. The van der Waals surface area contributed by atoms with E-state index in [4.69, 9.17) is 9.47 Å². The number of carbonyl (C=O) groups is 1. The fraction of sp³-hybridized carbons (Fsp3) is 0.429. The third-order valence-corrected chi connectivity index (χ3v) is 6.61. The molecule has 0 saturated heterocycles. The highest BCUT2D eigenvalue weighted by Gasteiger charge is 2.44. The molecule has 1 atom stereocenters.